The fourth-order valence-electron chi connectivity index (χ4n) is 3.59. The van der Waals surface area contributed by atoms with Gasteiger partial charge in [0.1, 0.15) is 0 Å². The summed E-state index contributed by atoms with van der Waals surface area (Å²) >= 11 is 0. The molecule has 3 amide bonds. The lowest BCUT2D eigenvalue weighted by Crippen LogP contribution is -2.50. The molecule has 2 N–H and O–H groups in total. The summed E-state index contributed by atoms with van der Waals surface area (Å²) in [6.07, 6.45) is -3.63. The lowest BCUT2D eigenvalue weighted by molar-refractivity contribution is -0.188. The Morgan fingerprint density at radius 3 is 2.33 bits per heavy atom. The molecular formula is C17H26F3N3O4. The molecule has 2 aliphatic heterocycles. The van der Waals surface area contributed by atoms with Crippen LogP contribution in [0.15, 0.2) is 0 Å². The van der Waals surface area contributed by atoms with Gasteiger partial charge in [0.2, 0.25) is 5.91 Å². The number of hydrogen-bond donors (Lipinski definition) is 2. The van der Waals surface area contributed by atoms with E-state index in [0.29, 0.717) is 25.9 Å². The number of hydrogen-bond acceptors (Lipinski definition) is 3. The average Bonchev–Trinajstić information content (AvgIpc) is 3.05. The Bertz CT molecular complexity index is 582. The predicted octanol–water partition coefficient (Wildman–Crippen LogP) is 1.79. The lowest BCUT2D eigenvalue weighted by Gasteiger charge is -2.34. The second kappa shape index (κ2) is 8.35. The minimum absolute atomic E-state index is 0.133. The van der Waals surface area contributed by atoms with Gasteiger partial charge in [-0.1, -0.05) is 13.8 Å². The van der Waals surface area contributed by atoms with Crippen LogP contribution in [0.2, 0.25) is 0 Å². The maximum Gasteiger partial charge on any atom is 0.394 e. The van der Waals surface area contributed by atoms with E-state index in [4.69, 9.17) is 5.11 Å². The number of likely N-dealkylation sites (tertiary alicyclic amines) is 2. The smallest absolute Gasteiger partial charge is 0.394 e. The number of nitrogens with one attached hydrogen (secondary N) is 1. The number of carboxylic acids is 1. The molecule has 1 unspecified atom stereocenters. The highest BCUT2D eigenvalue weighted by molar-refractivity contribution is 5.82. The molecule has 2 fully saturated rings. The largest absolute Gasteiger partial charge is 0.481 e. The SMILES string of the molecule is CC(C)CNC(=O)N1CCCC(C(=O)N2C[C@@H](C(F)(F)F)[C@H](C(=O)O)C2)C1. The molecule has 2 saturated heterocycles. The molecule has 27 heavy (non-hydrogen) atoms. The zero-order chi connectivity index (χ0) is 20.4. The first kappa shape index (κ1) is 21.3. The van der Waals surface area contributed by atoms with E-state index in [0.717, 1.165) is 4.90 Å². The fraction of sp³-hybridized carbons (Fsp3) is 0.824. The number of nitrogens with zero attached hydrogens (tertiary/aromatic N) is 2. The van der Waals surface area contributed by atoms with E-state index in [9.17, 15) is 27.6 Å². The first-order chi connectivity index (χ1) is 12.5. The summed E-state index contributed by atoms with van der Waals surface area (Å²) in [5.74, 6) is -6.10. The highest BCUT2D eigenvalue weighted by Crippen LogP contribution is 2.38. The van der Waals surface area contributed by atoms with Crippen LogP contribution in [0.5, 0.6) is 0 Å². The van der Waals surface area contributed by atoms with Gasteiger partial charge in [-0.25, -0.2) is 4.79 Å². The number of aliphatic carboxylic acids is 1. The van der Waals surface area contributed by atoms with Gasteiger partial charge in [-0.15, -0.1) is 0 Å². The molecule has 3 atom stereocenters. The van der Waals surface area contributed by atoms with E-state index >= 15 is 0 Å². The van der Waals surface area contributed by atoms with Gasteiger partial charge in [0.25, 0.3) is 0 Å². The van der Waals surface area contributed by atoms with Gasteiger partial charge in [0.05, 0.1) is 17.8 Å². The summed E-state index contributed by atoms with van der Waals surface area (Å²) in [5.41, 5.74) is 0. The van der Waals surface area contributed by atoms with Gasteiger partial charge >= 0.3 is 18.2 Å². The zero-order valence-corrected chi connectivity index (χ0v) is 15.5. The molecule has 2 heterocycles. The van der Waals surface area contributed by atoms with E-state index in [2.05, 4.69) is 5.32 Å². The number of carboxylic acid groups (broad SMARTS) is 1. The number of carbonyl (C=O) groups is 3. The van der Waals surface area contributed by atoms with Crippen molar-refractivity contribution in [3.05, 3.63) is 0 Å². The molecule has 7 nitrogen and oxygen atoms in total. The van der Waals surface area contributed by atoms with Crippen LogP contribution in [0, 0.1) is 23.7 Å². The Morgan fingerprint density at radius 1 is 1.15 bits per heavy atom. The highest BCUT2D eigenvalue weighted by atomic mass is 19.4. The Balaban J connectivity index is 2.00. The van der Waals surface area contributed by atoms with Crippen molar-refractivity contribution in [2.45, 2.75) is 32.9 Å². The number of piperidine rings is 1. The van der Waals surface area contributed by atoms with Crippen molar-refractivity contribution in [1.29, 1.82) is 0 Å². The third-order valence-corrected chi connectivity index (χ3v) is 5.09. The third-order valence-electron chi connectivity index (χ3n) is 5.09. The molecule has 10 heteroatoms. The summed E-state index contributed by atoms with van der Waals surface area (Å²) in [4.78, 5) is 38.5. The van der Waals surface area contributed by atoms with Crippen molar-refractivity contribution < 1.29 is 32.7 Å². The molecule has 0 saturated carbocycles. The standard InChI is InChI=1S/C17H26F3N3O4/c1-10(2)6-21-16(27)22-5-3-4-11(7-22)14(24)23-8-12(15(25)26)13(9-23)17(18,19)20/h10-13H,3-9H2,1-2H3,(H,21,27)(H,25,26)/t11?,12-,13-/m1/s1. The van der Waals surface area contributed by atoms with Crippen molar-refractivity contribution in [2.24, 2.45) is 23.7 Å². The summed E-state index contributed by atoms with van der Waals surface area (Å²) in [5, 5.41) is 11.8. The van der Waals surface area contributed by atoms with E-state index < -0.39 is 48.9 Å². The molecule has 0 bridgehead atoms. The minimum Gasteiger partial charge on any atom is -0.481 e. The molecule has 0 aromatic heterocycles. The molecule has 2 aliphatic rings. The number of rotatable bonds is 4. The highest BCUT2D eigenvalue weighted by Gasteiger charge is 2.54. The van der Waals surface area contributed by atoms with Gasteiger partial charge in [0, 0.05) is 32.7 Å². The van der Waals surface area contributed by atoms with Gasteiger partial charge in [-0.05, 0) is 18.8 Å². The summed E-state index contributed by atoms with van der Waals surface area (Å²) in [7, 11) is 0. The van der Waals surface area contributed by atoms with Crippen LogP contribution >= 0.6 is 0 Å². The van der Waals surface area contributed by atoms with Crippen LogP contribution in [0.25, 0.3) is 0 Å². The van der Waals surface area contributed by atoms with Crippen molar-refractivity contribution in [3.8, 4) is 0 Å². The second-order valence-corrected chi connectivity index (χ2v) is 7.70. The maximum atomic E-state index is 13.1. The van der Waals surface area contributed by atoms with Crippen LogP contribution in [0.4, 0.5) is 18.0 Å². The lowest BCUT2D eigenvalue weighted by atomic mass is 9.96. The number of alkyl halides is 3. The van der Waals surface area contributed by atoms with Crippen LogP contribution < -0.4 is 5.32 Å². The van der Waals surface area contributed by atoms with Crippen molar-refractivity contribution in [3.63, 3.8) is 0 Å². The number of halogens is 3. The molecule has 0 radical (unpaired) electrons. The Kier molecular flexibility index (Phi) is 6.59. The Labute approximate surface area is 155 Å². The van der Waals surface area contributed by atoms with Crippen molar-refractivity contribution >= 4 is 17.9 Å². The third kappa shape index (κ3) is 5.26. The van der Waals surface area contributed by atoms with Gasteiger partial charge < -0.3 is 20.2 Å². The van der Waals surface area contributed by atoms with Crippen molar-refractivity contribution in [2.75, 3.05) is 32.7 Å². The van der Waals surface area contributed by atoms with Gasteiger partial charge in [-0.3, -0.25) is 9.59 Å². The maximum absolute atomic E-state index is 13.1. The molecule has 0 spiro atoms. The monoisotopic (exact) mass is 393 g/mol. The zero-order valence-electron chi connectivity index (χ0n) is 15.5. The molecule has 0 aromatic rings. The van der Waals surface area contributed by atoms with Crippen LogP contribution in [0.1, 0.15) is 26.7 Å². The first-order valence-electron chi connectivity index (χ1n) is 9.11. The molecule has 0 aliphatic carbocycles. The predicted molar refractivity (Wildman–Crippen MR) is 89.8 cm³/mol. The first-order valence-corrected chi connectivity index (χ1v) is 9.11. The van der Waals surface area contributed by atoms with E-state index in [1.807, 2.05) is 13.8 Å². The number of amides is 3. The van der Waals surface area contributed by atoms with E-state index in [-0.39, 0.29) is 18.5 Å². The van der Waals surface area contributed by atoms with E-state index in [1.165, 1.54) is 4.90 Å². The topological polar surface area (TPSA) is 90.0 Å². The van der Waals surface area contributed by atoms with Crippen LogP contribution in [0.3, 0.4) is 0 Å². The molecule has 2 rings (SSSR count). The normalized spacial score (nSPS) is 26.4. The molecule has 0 aromatic carbocycles. The average molecular weight is 393 g/mol. The van der Waals surface area contributed by atoms with E-state index in [1.54, 1.807) is 0 Å². The Hall–Kier alpha value is -2.00. The van der Waals surface area contributed by atoms with Crippen LogP contribution in [-0.2, 0) is 9.59 Å². The van der Waals surface area contributed by atoms with Gasteiger partial charge in [-0.2, -0.15) is 13.2 Å². The molecule has 154 valence electrons. The summed E-state index contributed by atoms with van der Waals surface area (Å²) in [6, 6.07) is -0.292. The summed E-state index contributed by atoms with van der Waals surface area (Å²) < 4.78 is 39.3. The number of urea groups is 1. The number of carbonyl (C=O) groups excluding carboxylic acids is 2. The fourth-order valence-corrected chi connectivity index (χ4v) is 3.59. The van der Waals surface area contributed by atoms with Crippen molar-refractivity contribution in [1.82, 2.24) is 15.1 Å². The summed E-state index contributed by atoms with van der Waals surface area (Å²) in [6.45, 7) is 3.92. The molecular weight excluding hydrogens is 367 g/mol. The van der Waals surface area contributed by atoms with Crippen LogP contribution in [-0.4, -0.2) is 71.7 Å². The Morgan fingerprint density at radius 2 is 1.81 bits per heavy atom. The van der Waals surface area contributed by atoms with Gasteiger partial charge in [0.15, 0.2) is 0 Å². The second-order valence-electron chi connectivity index (χ2n) is 7.70. The quantitative estimate of drug-likeness (QED) is 0.762. The minimum atomic E-state index is -4.67.